The van der Waals surface area contributed by atoms with Gasteiger partial charge in [0.25, 0.3) is 6.33 Å². The van der Waals surface area contributed by atoms with Crippen LogP contribution >= 0.6 is 0 Å². The molecule has 12 rings (SSSR count). The maximum Gasteiger partial charge on any atom is 0.255 e. The number of pyridine rings is 1. The maximum atomic E-state index is 9.13. The fourth-order valence-corrected chi connectivity index (χ4v) is 8.94. The Balaban J connectivity index is 1.08. The van der Waals surface area contributed by atoms with Gasteiger partial charge >= 0.3 is 0 Å². The van der Waals surface area contributed by atoms with E-state index in [-0.39, 0.29) is 33.4 Å². The predicted octanol–water partition coefficient (Wildman–Crippen LogP) is 15.2. The number of aromatic nitrogens is 4. The molecule has 0 saturated carbocycles. The van der Waals surface area contributed by atoms with Gasteiger partial charge in [-0.2, -0.15) is 9.13 Å². The van der Waals surface area contributed by atoms with E-state index in [0.29, 0.717) is 28.2 Å². The molecule has 0 atom stereocenters. The highest BCUT2D eigenvalue weighted by molar-refractivity contribution is 6.16. The van der Waals surface area contributed by atoms with Crippen LogP contribution in [0.15, 0.2) is 223 Å². The number of furan rings is 1. The van der Waals surface area contributed by atoms with E-state index in [1.165, 1.54) is 0 Å². The fourth-order valence-electron chi connectivity index (χ4n) is 8.94. The number of nitrogens with zero attached hydrogens (tertiary/aromatic N) is 4. The second kappa shape index (κ2) is 15.6. The minimum Gasteiger partial charge on any atom is -0.457 e. The Morgan fingerprint density at radius 3 is 2.06 bits per heavy atom. The first-order valence-corrected chi connectivity index (χ1v) is 21.6. The number of imidazole rings is 1. The van der Waals surface area contributed by atoms with Crippen molar-refractivity contribution in [1.29, 1.82) is 0 Å². The van der Waals surface area contributed by atoms with Crippen molar-refractivity contribution < 1.29 is 27.4 Å². The minimum absolute atomic E-state index is 0.122. The van der Waals surface area contributed by atoms with Crippen LogP contribution in [-0.2, 0) is 5.41 Å². The first kappa shape index (κ1) is 29.8. The molecule has 6 heteroatoms. The first-order chi connectivity index (χ1) is 36.5. The molecule has 0 aliphatic heterocycles. The van der Waals surface area contributed by atoms with Crippen LogP contribution in [-0.4, -0.2) is 14.1 Å². The van der Waals surface area contributed by atoms with Crippen LogP contribution in [0.5, 0.6) is 11.5 Å². The number of hydrogen-bond donors (Lipinski definition) is 0. The summed E-state index contributed by atoms with van der Waals surface area (Å²) < 4.78 is 107. The number of fused-ring (bicyclic) bond motifs is 6. The lowest BCUT2D eigenvalue weighted by molar-refractivity contribution is -0.566. The molecule has 66 heavy (non-hydrogen) atoms. The lowest BCUT2D eigenvalue weighted by Crippen LogP contribution is -2.30. The Bertz CT molecular complexity index is 4240. The van der Waals surface area contributed by atoms with Crippen molar-refractivity contribution >= 4 is 44.0 Å². The molecule has 6 nitrogen and oxygen atoms in total. The standard InChI is InChI=1S/C60H45N4O2/c1-60(2,3)44-32-33-61-56(36-44)64-54-38-46(30-31-50(54)59-58(64)51-24-13-16-29-55(51)66-59)65-47-35-43(40-18-7-4-8-19-40)34-45(37-47)62-39-63(53-28-15-14-27-52(53)62)57-48(41-20-9-5-10-21-41)25-17-26-49(57)42-22-11-6-12-23-42/h4-39H,1-3H3/q+1/i5D,6D,9D,10D,11D,12D,20D,21D,22D,23D. The molecule has 0 radical (unpaired) electrons. The van der Waals surface area contributed by atoms with Crippen LogP contribution in [0.4, 0.5) is 0 Å². The maximum absolute atomic E-state index is 9.13. The molecule has 8 aromatic carbocycles. The largest absolute Gasteiger partial charge is 0.457 e. The number of ether oxygens (including phenoxy) is 1. The molecule has 4 aromatic heterocycles. The third-order valence-corrected chi connectivity index (χ3v) is 12.0. The van der Waals surface area contributed by atoms with Gasteiger partial charge in [0, 0.05) is 40.2 Å². The molecule has 12 aromatic rings. The van der Waals surface area contributed by atoms with Crippen LogP contribution < -0.4 is 9.30 Å². The zero-order valence-electron chi connectivity index (χ0n) is 46.1. The van der Waals surface area contributed by atoms with E-state index in [0.717, 1.165) is 55.5 Å². The summed E-state index contributed by atoms with van der Waals surface area (Å²) in [5.74, 6) is 1.78. The highest BCUT2D eigenvalue weighted by Gasteiger charge is 2.26. The summed E-state index contributed by atoms with van der Waals surface area (Å²) >= 11 is 0. The zero-order valence-corrected chi connectivity index (χ0v) is 36.1. The third kappa shape index (κ3) is 6.74. The van der Waals surface area contributed by atoms with Gasteiger partial charge in [-0.05, 0) is 93.9 Å². The molecule has 4 heterocycles. The molecule has 0 unspecified atom stereocenters. The summed E-state index contributed by atoms with van der Waals surface area (Å²) in [6, 6.07) is 41.0. The van der Waals surface area contributed by atoms with E-state index < -0.39 is 60.4 Å². The van der Waals surface area contributed by atoms with Crippen LogP contribution in [0.3, 0.4) is 0 Å². The van der Waals surface area contributed by atoms with Crippen LogP contribution in [0.25, 0.3) is 94.6 Å². The van der Waals surface area contributed by atoms with Gasteiger partial charge in [0.05, 0.1) is 19.2 Å². The molecular formula is C60H45N4O2+. The first-order valence-electron chi connectivity index (χ1n) is 26.6. The number of para-hydroxylation sites is 4. The predicted molar refractivity (Wildman–Crippen MR) is 268 cm³/mol. The summed E-state index contributed by atoms with van der Waals surface area (Å²) in [6.07, 6.45) is 3.63. The van der Waals surface area contributed by atoms with Gasteiger partial charge in [-0.15, -0.1) is 0 Å². The van der Waals surface area contributed by atoms with Gasteiger partial charge in [-0.3, -0.25) is 4.57 Å². The monoisotopic (exact) mass is 863 g/mol. The van der Waals surface area contributed by atoms with Crippen LogP contribution in [0, 0.1) is 0 Å². The smallest absolute Gasteiger partial charge is 0.255 e. The minimum atomic E-state index is -0.567. The summed E-state index contributed by atoms with van der Waals surface area (Å²) in [6.45, 7) is 6.52. The molecule has 0 bridgehead atoms. The number of hydrogen-bond acceptors (Lipinski definition) is 3. The number of benzene rings is 8. The van der Waals surface area contributed by atoms with Gasteiger partial charge in [0.1, 0.15) is 39.8 Å². The highest BCUT2D eigenvalue weighted by atomic mass is 16.5. The highest BCUT2D eigenvalue weighted by Crippen LogP contribution is 2.42. The van der Waals surface area contributed by atoms with Crippen molar-refractivity contribution in [3.8, 4) is 62.1 Å². The molecule has 0 fully saturated rings. The Morgan fingerprint density at radius 1 is 0.591 bits per heavy atom. The quantitative estimate of drug-likeness (QED) is 0.143. The van der Waals surface area contributed by atoms with Gasteiger partial charge in [0.2, 0.25) is 0 Å². The molecule has 0 amide bonds. The zero-order chi connectivity index (χ0) is 53.1. The SMILES string of the molecule is [2H]c1c([2H])c([2H])c(-c2cccc(-c3c([2H])c([2H])c([2H])c([2H])c3[2H])c2-[n+]2cn(-c3cc(Oc4ccc5c6oc7ccccc7c6n(-c6cc(C(C)(C)C)ccn6)c5c4)cc(-c4ccccc4)c3)c3ccccc32)c([2H])c1[2H]. The van der Waals surface area contributed by atoms with E-state index in [9.17, 15) is 0 Å². The molecule has 0 spiro atoms. The molecule has 0 aliphatic rings. The molecule has 0 N–H and O–H groups in total. The van der Waals surface area contributed by atoms with Crippen LogP contribution in [0.1, 0.15) is 40.0 Å². The summed E-state index contributed by atoms with van der Waals surface area (Å²) in [7, 11) is 0. The lowest BCUT2D eigenvalue weighted by Gasteiger charge is -2.20. The average Bonchev–Trinajstić information content (AvgIpc) is 4.10. The van der Waals surface area contributed by atoms with E-state index in [1.807, 2.05) is 126 Å². The van der Waals surface area contributed by atoms with E-state index in [2.05, 4.69) is 37.5 Å². The van der Waals surface area contributed by atoms with Crippen molar-refractivity contribution in [3.63, 3.8) is 0 Å². The fraction of sp³-hybridized carbons (Fsp3) is 0.0667. The van der Waals surface area contributed by atoms with Gasteiger partial charge < -0.3 is 9.15 Å². The lowest BCUT2D eigenvalue weighted by atomic mass is 9.88. The Labute approximate surface area is 396 Å². The molecular weight excluding hydrogens is 809 g/mol. The van der Waals surface area contributed by atoms with Crippen molar-refractivity contribution in [3.05, 3.63) is 224 Å². The van der Waals surface area contributed by atoms with E-state index >= 15 is 0 Å². The summed E-state index contributed by atoms with van der Waals surface area (Å²) in [4.78, 5) is 4.91. The normalized spacial score (nSPS) is 14.0. The van der Waals surface area contributed by atoms with Crippen molar-refractivity contribution in [2.45, 2.75) is 26.2 Å². The second-order valence-electron chi connectivity index (χ2n) is 17.2. The average molecular weight is 864 g/mol. The van der Waals surface area contributed by atoms with Gasteiger partial charge in [-0.1, -0.05) is 154 Å². The van der Waals surface area contributed by atoms with E-state index in [1.54, 1.807) is 29.1 Å². The topological polar surface area (TPSA) is 49.0 Å². The third-order valence-electron chi connectivity index (χ3n) is 12.0. The Kier molecular flexibility index (Phi) is 7.07. The van der Waals surface area contributed by atoms with Gasteiger partial charge in [-0.25, -0.2) is 4.98 Å². The van der Waals surface area contributed by atoms with Crippen LogP contribution in [0.2, 0.25) is 0 Å². The number of rotatable bonds is 8. The van der Waals surface area contributed by atoms with Crippen molar-refractivity contribution in [2.24, 2.45) is 0 Å². The molecule has 0 aliphatic carbocycles. The summed E-state index contributed by atoms with van der Waals surface area (Å²) in [5, 5.41) is 1.84. The van der Waals surface area contributed by atoms with Crippen molar-refractivity contribution in [1.82, 2.24) is 14.1 Å². The Morgan fingerprint density at radius 2 is 1.30 bits per heavy atom. The second-order valence-corrected chi connectivity index (χ2v) is 17.2. The van der Waals surface area contributed by atoms with Gasteiger partial charge in [0.15, 0.2) is 16.6 Å². The molecule has 0 saturated heterocycles. The summed E-state index contributed by atoms with van der Waals surface area (Å²) in [5.41, 5.74) is 8.22. The Hall–Kier alpha value is -8.48. The molecule has 316 valence electrons. The van der Waals surface area contributed by atoms with E-state index in [4.69, 9.17) is 27.8 Å². The van der Waals surface area contributed by atoms with Crippen molar-refractivity contribution in [2.75, 3.05) is 0 Å².